The Hall–Kier alpha value is -2.72. The molecule has 0 bridgehead atoms. The van der Waals surface area contributed by atoms with Crippen LogP contribution in [0, 0.1) is 5.92 Å². The van der Waals surface area contributed by atoms with E-state index >= 15 is 0 Å². The van der Waals surface area contributed by atoms with Crippen LogP contribution in [0.15, 0.2) is 52.9 Å². The molecule has 0 radical (unpaired) electrons. The Morgan fingerprint density at radius 3 is 2.71 bits per heavy atom. The zero-order chi connectivity index (χ0) is 19.6. The molecule has 1 fully saturated rings. The Morgan fingerprint density at radius 2 is 1.93 bits per heavy atom. The van der Waals surface area contributed by atoms with Crippen LogP contribution in [0.2, 0.25) is 0 Å². The number of nitrogens with two attached hydrogens (primary N) is 1. The Bertz CT molecular complexity index is 969. The van der Waals surface area contributed by atoms with Crippen molar-refractivity contribution in [2.45, 2.75) is 32.3 Å². The third-order valence-corrected chi connectivity index (χ3v) is 5.17. The van der Waals surface area contributed by atoms with E-state index in [0.717, 1.165) is 59.8 Å². The lowest BCUT2D eigenvalue weighted by atomic mass is 9.89. The molecule has 1 aromatic heterocycles. The minimum atomic E-state index is -0.0491. The molecule has 4 heteroatoms. The van der Waals surface area contributed by atoms with Crippen LogP contribution in [-0.2, 0) is 4.74 Å². The maximum Gasteiger partial charge on any atom is 0.135 e. The molecule has 1 saturated heterocycles. The average Bonchev–Trinajstić information content (AvgIpc) is 3.07. The number of fused-ring (bicyclic) bond motifs is 1. The van der Waals surface area contributed by atoms with Crippen LogP contribution in [0.5, 0.6) is 5.75 Å². The average molecular weight is 377 g/mol. The van der Waals surface area contributed by atoms with Crippen molar-refractivity contribution in [1.82, 2.24) is 0 Å². The molecule has 0 saturated carbocycles. The summed E-state index contributed by atoms with van der Waals surface area (Å²) in [5.74, 6) is 2.23. The second-order valence-corrected chi connectivity index (χ2v) is 8.13. The predicted octanol–water partition coefficient (Wildman–Crippen LogP) is 5.77. The lowest BCUT2D eigenvalue weighted by Gasteiger charge is -2.35. The molecule has 1 unspecified atom stereocenters. The Morgan fingerprint density at radius 1 is 1.11 bits per heavy atom. The molecule has 1 atom stereocenters. The second kappa shape index (κ2) is 7.72. The van der Waals surface area contributed by atoms with Crippen LogP contribution in [0.25, 0.3) is 23.1 Å². The van der Waals surface area contributed by atoms with Crippen LogP contribution in [0.1, 0.15) is 38.0 Å². The van der Waals surface area contributed by atoms with Gasteiger partial charge in [-0.1, -0.05) is 18.2 Å². The molecule has 4 rings (SSSR count). The van der Waals surface area contributed by atoms with Gasteiger partial charge in [0.1, 0.15) is 17.1 Å². The van der Waals surface area contributed by atoms with Gasteiger partial charge in [-0.05, 0) is 80.6 Å². The Balaban J connectivity index is 1.42. The fourth-order valence-corrected chi connectivity index (χ4v) is 3.71. The predicted molar refractivity (Wildman–Crippen MR) is 114 cm³/mol. The highest BCUT2D eigenvalue weighted by molar-refractivity contribution is 5.83. The number of nitrogen functional groups attached to an aromatic ring is 1. The van der Waals surface area contributed by atoms with Crippen LogP contribution in [0.3, 0.4) is 0 Å². The van der Waals surface area contributed by atoms with Gasteiger partial charge in [0.25, 0.3) is 0 Å². The minimum absolute atomic E-state index is 0.0491. The van der Waals surface area contributed by atoms with Crippen molar-refractivity contribution in [3.63, 3.8) is 0 Å². The standard InChI is InChI=1S/C24H27NO3/c1-24(2)15-18(11-12-27-24)16-26-21-9-10-23-19(13-21)14-22(28-23)8-5-17-3-6-20(25)7-4-17/h3-10,13-14,18H,11-12,15-16,25H2,1-2H3/b8-5+. The molecule has 146 valence electrons. The first kappa shape index (κ1) is 18.6. The number of ether oxygens (including phenoxy) is 2. The smallest absolute Gasteiger partial charge is 0.135 e. The SMILES string of the molecule is CC1(C)CC(COc2ccc3oc(/C=C/c4ccc(N)cc4)cc3c2)CCO1. The van der Waals surface area contributed by atoms with Gasteiger partial charge in [-0.2, -0.15) is 0 Å². The van der Waals surface area contributed by atoms with Gasteiger partial charge in [-0.3, -0.25) is 0 Å². The lowest BCUT2D eigenvalue weighted by molar-refractivity contribution is -0.0785. The summed E-state index contributed by atoms with van der Waals surface area (Å²) in [6.07, 6.45) is 6.07. The third kappa shape index (κ3) is 4.57. The summed E-state index contributed by atoms with van der Waals surface area (Å²) >= 11 is 0. The zero-order valence-corrected chi connectivity index (χ0v) is 16.5. The van der Waals surface area contributed by atoms with Crippen molar-refractivity contribution in [3.05, 3.63) is 59.9 Å². The van der Waals surface area contributed by atoms with E-state index in [2.05, 4.69) is 13.8 Å². The third-order valence-electron chi connectivity index (χ3n) is 5.17. The maximum atomic E-state index is 6.07. The van der Waals surface area contributed by atoms with E-state index in [9.17, 15) is 0 Å². The van der Waals surface area contributed by atoms with Crippen molar-refractivity contribution in [1.29, 1.82) is 0 Å². The molecule has 2 N–H and O–H groups in total. The first-order chi connectivity index (χ1) is 13.5. The highest BCUT2D eigenvalue weighted by Gasteiger charge is 2.29. The number of hydrogen-bond donors (Lipinski definition) is 1. The topological polar surface area (TPSA) is 57.6 Å². The summed E-state index contributed by atoms with van der Waals surface area (Å²) in [5, 5.41) is 1.04. The van der Waals surface area contributed by atoms with Crippen molar-refractivity contribution in [2.75, 3.05) is 18.9 Å². The number of hydrogen-bond acceptors (Lipinski definition) is 4. The zero-order valence-electron chi connectivity index (χ0n) is 16.5. The van der Waals surface area contributed by atoms with Gasteiger partial charge in [0.2, 0.25) is 0 Å². The summed E-state index contributed by atoms with van der Waals surface area (Å²) in [7, 11) is 0. The lowest BCUT2D eigenvalue weighted by Crippen LogP contribution is -2.36. The van der Waals surface area contributed by atoms with E-state index in [4.69, 9.17) is 19.6 Å². The van der Waals surface area contributed by atoms with Crippen LogP contribution < -0.4 is 10.5 Å². The highest BCUT2D eigenvalue weighted by atomic mass is 16.5. The van der Waals surface area contributed by atoms with E-state index in [1.165, 1.54) is 0 Å². The molecular formula is C24H27NO3. The van der Waals surface area contributed by atoms with Crippen LogP contribution in [-0.4, -0.2) is 18.8 Å². The van der Waals surface area contributed by atoms with Crippen molar-refractivity contribution >= 4 is 28.8 Å². The number of furan rings is 1. The molecule has 2 heterocycles. The summed E-state index contributed by atoms with van der Waals surface area (Å²) in [6.45, 7) is 5.83. The van der Waals surface area contributed by atoms with Gasteiger partial charge in [0.15, 0.2) is 0 Å². The van der Waals surface area contributed by atoms with Gasteiger partial charge in [0, 0.05) is 17.7 Å². The number of anilines is 1. The summed E-state index contributed by atoms with van der Waals surface area (Å²) in [5.41, 5.74) is 8.38. The molecule has 4 nitrogen and oxygen atoms in total. The molecule has 0 amide bonds. The van der Waals surface area contributed by atoms with Crippen molar-refractivity contribution < 1.29 is 13.9 Å². The van der Waals surface area contributed by atoms with Gasteiger partial charge in [-0.15, -0.1) is 0 Å². The fourth-order valence-electron chi connectivity index (χ4n) is 3.71. The number of benzene rings is 2. The number of rotatable bonds is 5. The van der Waals surface area contributed by atoms with Crippen molar-refractivity contribution in [3.8, 4) is 5.75 Å². The monoisotopic (exact) mass is 377 g/mol. The molecular weight excluding hydrogens is 350 g/mol. The van der Waals surface area contributed by atoms with Gasteiger partial charge in [-0.25, -0.2) is 0 Å². The fraction of sp³-hybridized carbons (Fsp3) is 0.333. The minimum Gasteiger partial charge on any atom is -0.493 e. The quantitative estimate of drug-likeness (QED) is 0.574. The van der Waals surface area contributed by atoms with E-state index in [-0.39, 0.29) is 5.60 Å². The maximum absolute atomic E-state index is 6.07. The molecule has 1 aliphatic rings. The van der Waals surface area contributed by atoms with Crippen molar-refractivity contribution in [2.24, 2.45) is 5.92 Å². The first-order valence-corrected chi connectivity index (χ1v) is 9.81. The van der Waals surface area contributed by atoms with Crippen LogP contribution in [0.4, 0.5) is 5.69 Å². The van der Waals surface area contributed by atoms with Gasteiger partial charge < -0.3 is 19.6 Å². The molecule has 3 aromatic rings. The summed E-state index contributed by atoms with van der Waals surface area (Å²) in [6, 6.07) is 15.8. The molecule has 0 spiro atoms. The summed E-state index contributed by atoms with van der Waals surface area (Å²) < 4.78 is 17.8. The largest absolute Gasteiger partial charge is 0.493 e. The van der Waals surface area contributed by atoms with Gasteiger partial charge >= 0.3 is 0 Å². The summed E-state index contributed by atoms with van der Waals surface area (Å²) in [4.78, 5) is 0. The Labute approximate surface area is 165 Å². The van der Waals surface area contributed by atoms with E-state index in [1.54, 1.807) is 0 Å². The van der Waals surface area contributed by atoms with E-state index in [1.807, 2.05) is 60.7 Å². The van der Waals surface area contributed by atoms with E-state index < -0.39 is 0 Å². The Kier molecular flexibility index (Phi) is 5.14. The van der Waals surface area contributed by atoms with Crippen LogP contribution >= 0.6 is 0 Å². The highest BCUT2D eigenvalue weighted by Crippen LogP contribution is 2.30. The first-order valence-electron chi connectivity index (χ1n) is 9.81. The molecule has 2 aromatic carbocycles. The molecule has 0 aliphatic carbocycles. The normalized spacial score (nSPS) is 19.3. The van der Waals surface area contributed by atoms with E-state index in [0.29, 0.717) is 5.92 Å². The molecule has 1 aliphatic heterocycles. The van der Waals surface area contributed by atoms with Gasteiger partial charge in [0.05, 0.1) is 12.2 Å². The molecule has 28 heavy (non-hydrogen) atoms. The second-order valence-electron chi connectivity index (χ2n) is 8.13.